The Bertz CT molecular complexity index is 766. The van der Waals surface area contributed by atoms with Crippen LogP contribution >= 0.6 is 11.6 Å². The molecule has 0 saturated carbocycles. The summed E-state index contributed by atoms with van der Waals surface area (Å²) in [6, 6.07) is 12.5. The van der Waals surface area contributed by atoms with Crippen LogP contribution in [0.2, 0.25) is 5.02 Å². The van der Waals surface area contributed by atoms with E-state index in [2.05, 4.69) is 0 Å². The summed E-state index contributed by atoms with van der Waals surface area (Å²) < 4.78 is 5.02. The van der Waals surface area contributed by atoms with Crippen molar-refractivity contribution in [1.29, 1.82) is 0 Å². The number of esters is 1. The fraction of sp³-hybridized carbons (Fsp3) is 0. The molecule has 0 fully saturated rings. The Balaban J connectivity index is 1.90. The molecule has 23 heavy (non-hydrogen) atoms. The molecule has 0 bridgehead atoms. The molecule has 5 nitrogen and oxygen atoms in total. The Labute approximate surface area is 137 Å². The molecule has 2 aromatic rings. The number of ether oxygens (including phenoxy) is 1. The van der Waals surface area contributed by atoms with Gasteiger partial charge in [-0.1, -0.05) is 42.0 Å². The number of hydrogen-bond acceptors (Lipinski definition) is 4. The van der Waals surface area contributed by atoms with Gasteiger partial charge in [0, 0.05) is 23.2 Å². The Hall–Kier alpha value is -2.92. The number of nitro benzene ring substituents is 1. The smallest absolute Gasteiger partial charge is 0.336 e. The Morgan fingerprint density at radius 3 is 2.52 bits per heavy atom. The standard InChI is InChI=1S/C17H12ClNO4/c18-14-6-3-5-13(12-14)4-1-2-7-17(20)23-16-10-8-15(9-11-16)19(21)22/h1-12H. The van der Waals surface area contributed by atoms with Gasteiger partial charge in [-0.15, -0.1) is 0 Å². The molecular formula is C17H12ClNO4. The first-order valence-electron chi connectivity index (χ1n) is 6.61. The van der Waals surface area contributed by atoms with E-state index in [1.807, 2.05) is 12.1 Å². The van der Waals surface area contributed by atoms with Gasteiger partial charge in [0.2, 0.25) is 0 Å². The van der Waals surface area contributed by atoms with E-state index < -0.39 is 10.9 Å². The van der Waals surface area contributed by atoms with E-state index in [-0.39, 0.29) is 11.4 Å². The Morgan fingerprint density at radius 2 is 1.87 bits per heavy atom. The summed E-state index contributed by atoms with van der Waals surface area (Å²) in [6.07, 6.45) is 6.27. The van der Waals surface area contributed by atoms with Crippen LogP contribution in [0.5, 0.6) is 5.75 Å². The molecule has 0 aliphatic carbocycles. The van der Waals surface area contributed by atoms with Crippen LogP contribution in [-0.4, -0.2) is 10.9 Å². The lowest BCUT2D eigenvalue weighted by molar-refractivity contribution is -0.384. The van der Waals surface area contributed by atoms with Gasteiger partial charge < -0.3 is 4.74 Å². The third kappa shape index (κ3) is 5.41. The molecule has 0 aliphatic rings. The summed E-state index contributed by atoms with van der Waals surface area (Å²) in [7, 11) is 0. The minimum Gasteiger partial charge on any atom is -0.423 e. The van der Waals surface area contributed by atoms with E-state index in [0.717, 1.165) is 5.56 Å². The predicted molar refractivity (Wildman–Crippen MR) is 88.4 cm³/mol. The molecule has 2 aromatic carbocycles. The minimum absolute atomic E-state index is 0.0650. The second-order valence-electron chi connectivity index (χ2n) is 4.45. The molecule has 0 N–H and O–H groups in total. The summed E-state index contributed by atoms with van der Waals surface area (Å²) in [5.41, 5.74) is 0.843. The normalized spacial score (nSPS) is 11.0. The van der Waals surface area contributed by atoms with Crippen LogP contribution in [0.3, 0.4) is 0 Å². The molecule has 0 saturated heterocycles. The average molecular weight is 330 g/mol. The third-order valence-electron chi connectivity index (χ3n) is 2.75. The number of carbonyl (C=O) groups is 1. The van der Waals surface area contributed by atoms with Crippen LogP contribution in [0.1, 0.15) is 5.56 Å². The zero-order valence-electron chi connectivity index (χ0n) is 11.9. The summed E-state index contributed by atoms with van der Waals surface area (Å²) in [5, 5.41) is 11.2. The largest absolute Gasteiger partial charge is 0.423 e. The first-order valence-corrected chi connectivity index (χ1v) is 6.99. The number of nitrogens with zero attached hydrogens (tertiary/aromatic N) is 1. The molecular weight excluding hydrogens is 318 g/mol. The van der Waals surface area contributed by atoms with Crippen LogP contribution in [0.25, 0.3) is 6.08 Å². The molecule has 6 heteroatoms. The number of halogens is 1. The van der Waals surface area contributed by atoms with E-state index in [0.29, 0.717) is 5.02 Å². The van der Waals surface area contributed by atoms with Crippen molar-refractivity contribution < 1.29 is 14.5 Å². The van der Waals surface area contributed by atoms with E-state index in [1.165, 1.54) is 36.4 Å². The molecule has 0 spiro atoms. The fourth-order valence-electron chi connectivity index (χ4n) is 1.70. The zero-order valence-corrected chi connectivity index (χ0v) is 12.6. The first kappa shape index (κ1) is 16.5. The van der Waals surface area contributed by atoms with Crippen LogP contribution in [0, 0.1) is 10.1 Å². The van der Waals surface area contributed by atoms with Gasteiger partial charge in [-0.3, -0.25) is 10.1 Å². The second kappa shape index (κ2) is 7.91. The van der Waals surface area contributed by atoms with E-state index in [1.54, 1.807) is 24.3 Å². The second-order valence-corrected chi connectivity index (χ2v) is 4.88. The number of hydrogen-bond donors (Lipinski definition) is 0. The van der Waals surface area contributed by atoms with E-state index in [9.17, 15) is 14.9 Å². The van der Waals surface area contributed by atoms with Crippen molar-refractivity contribution in [2.75, 3.05) is 0 Å². The van der Waals surface area contributed by atoms with Gasteiger partial charge in [0.1, 0.15) is 5.75 Å². The first-order chi connectivity index (χ1) is 11.0. The molecule has 2 rings (SSSR count). The minimum atomic E-state index is -0.574. The van der Waals surface area contributed by atoms with Crippen molar-refractivity contribution in [2.45, 2.75) is 0 Å². The monoisotopic (exact) mass is 329 g/mol. The molecule has 0 radical (unpaired) electrons. The lowest BCUT2D eigenvalue weighted by Gasteiger charge is -1.99. The maximum Gasteiger partial charge on any atom is 0.336 e. The van der Waals surface area contributed by atoms with Crippen molar-refractivity contribution in [1.82, 2.24) is 0 Å². The number of nitro groups is 1. The fourth-order valence-corrected chi connectivity index (χ4v) is 1.90. The summed E-state index contributed by atoms with van der Waals surface area (Å²) >= 11 is 5.86. The summed E-state index contributed by atoms with van der Waals surface area (Å²) in [4.78, 5) is 21.6. The molecule has 0 aliphatic heterocycles. The van der Waals surface area contributed by atoms with Gasteiger partial charge in [0.05, 0.1) is 4.92 Å². The number of benzene rings is 2. The maximum atomic E-state index is 11.6. The predicted octanol–water partition coefficient (Wildman–Crippen LogP) is 4.42. The van der Waals surface area contributed by atoms with Gasteiger partial charge in [0.15, 0.2) is 0 Å². The quantitative estimate of drug-likeness (QED) is 0.203. The highest BCUT2D eigenvalue weighted by Crippen LogP contribution is 2.17. The van der Waals surface area contributed by atoms with Gasteiger partial charge in [-0.25, -0.2) is 4.79 Å². The summed E-state index contributed by atoms with van der Waals surface area (Å²) in [6.45, 7) is 0. The highest BCUT2D eigenvalue weighted by molar-refractivity contribution is 6.30. The Kier molecular flexibility index (Phi) is 5.66. The molecule has 0 amide bonds. The highest BCUT2D eigenvalue weighted by atomic mass is 35.5. The SMILES string of the molecule is O=C(C=CC=Cc1cccc(Cl)c1)Oc1ccc([N+](=O)[O-])cc1. The van der Waals surface area contributed by atoms with Gasteiger partial charge >= 0.3 is 5.97 Å². The van der Waals surface area contributed by atoms with Crippen molar-refractivity contribution in [3.05, 3.63) is 87.5 Å². The number of non-ortho nitro benzene ring substituents is 1. The van der Waals surface area contributed by atoms with Crippen LogP contribution in [-0.2, 0) is 4.79 Å². The molecule has 0 aromatic heterocycles. The molecule has 0 unspecified atom stereocenters. The molecule has 0 atom stereocenters. The lowest BCUT2D eigenvalue weighted by atomic mass is 10.2. The van der Waals surface area contributed by atoms with Crippen molar-refractivity contribution in [3.63, 3.8) is 0 Å². The van der Waals surface area contributed by atoms with Crippen molar-refractivity contribution in [2.24, 2.45) is 0 Å². The van der Waals surface area contributed by atoms with Gasteiger partial charge in [0.25, 0.3) is 5.69 Å². The topological polar surface area (TPSA) is 69.4 Å². The van der Waals surface area contributed by atoms with Gasteiger partial charge in [-0.05, 0) is 29.8 Å². The number of carbonyl (C=O) groups excluding carboxylic acids is 1. The Morgan fingerprint density at radius 1 is 1.13 bits per heavy atom. The van der Waals surface area contributed by atoms with Crippen LogP contribution in [0.15, 0.2) is 66.8 Å². The average Bonchev–Trinajstić information content (AvgIpc) is 2.52. The van der Waals surface area contributed by atoms with Crippen LogP contribution in [0.4, 0.5) is 5.69 Å². The van der Waals surface area contributed by atoms with E-state index in [4.69, 9.17) is 16.3 Å². The molecule has 0 heterocycles. The van der Waals surface area contributed by atoms with Crippen LogP contribution < -0.4 is 4.74 Å². The van der Waals surface area contributed by atoms with Crippen molar-refractivity contribution >= 4 is 29.3 Å². The number of allylic oxidation sites excluding steroid dienone is 2. The summed E-state index contributed by atoms with van der Waals surface area (Å²) in [5.74, 6) is -0.335. The number of rotatable bonds is 5. The van der Waals surface area contributed by atoms with Gasteiger partial charge in [-0.2, -0.15) is 0 Å². The van der Waals surface area contributed by atoms with Crippen molar-refractivity contribution in [3.8, 4) is 5.75 Å². The highest BCUT2D eigenvalue weighted by Gasteiger charge is 2.05. The zero-order chi connectivity index (χ0) is 16.7. The van der Waals surface area contributed by atoms with E-state index >= 15 is 0 Å². The molecule has 116 valence electrons. The lowest BCUT2D eigenvalue weighted by Crippen LogP contribution is -2.03. The third-order valence-corrected chi connectivity index (χ3v) is 2.98. The maximum absolute atomic E-state index is 11.6.